The van der Waals surface area contributed by atoms with Gasteiger partial charge in [0.1, 0.15) is 15.9 Å². The maximum atomic E-state index is 13.7. The van der Waals surface area contributed by atoms with Crippen LogP contribution in [-0.2, 0) is 11.8 Å². The molecule has 0 N–H and O–H groups in total. The minimum absolute atomic E-state index is 0.200. The number of rotatable bonds is 8. The first kappa shape index (κ1) is 31.9. The van der Waals surface area contributed by atoms with E-state index in [1.807, 2.05) is 78.5 Å². The molecule has 0 bridgehead atoms. The van der Waals surface area contributed by atoms with Crippen molar-refractivity contribution in [2.24, 2.45) is 12.0 Å². The molecule has 0 aliphatic rings. The average Bonchev–Trinajstić information content (AvgIpc) is 3.81. The molecule has 1 amide bonds. The maximum Gasteiger partial charge on any atom is 0.340 e. The lowest BCUT2D eigenvalue weighted by molar-refractivity contribution is 0.0525. The molecule has 0 atom stereocenters. The fraction of sp³-hybridized carbons (Fsp3) is 0.139. The minimum Gasteiger partial charge on any atom is -0.462 e. The number of carbonyl (C=O) groups is 2. The molecule has 49 heavy (non-hydrogen) atoms. The first-order valence-corrected chi connectivity index (χ1v) is 17.5. The number of amides is 1. The molecule has 7 rings (SSSR count). The Hall–Kier alpha value is -5.66. The minimum atomic E-state index is -0.511. The van der Waals surface area contributed by atoms with E-state index in [9.17, 15) is 9.59 Å². The van der Waals surface area contributed by atoms with Gasteiger partial charge in [-0.2, -0.15) is 19.9 Å². The third-order valence-electron chi connectivity index (χ3n) is 7.86. The van der Waals surface area contributed by atoms with Crippen molar-refractivity contribution in [1.29, 1.82) is 0 Å². The van der Waals surface area contributed by atoms with Crippen LogP contribution in [-0.4, -0.2) is 58.8 Å². The van der Waals surface area contributed by atoms with Crippen molar-refractivity contribution in [2.45, 2.75) is 18.9 Å². The van der Waals surface area contributed by atoms with E-state index in [4.69, 9.17) is 19.9 Å². The number of benzene rings is 3. The van der Waals surface area contributed by atoms with Crippen LogP contribution in [0.2, 0.25) is 0 Å². The molecule has 0 spiro atoms. The van der Waals surface area contributed by atoms with Gasteiger partial charge in [-0.25, -0.2) is 14.5 Å². The van der Waals surface area contributed by atoms with E-state index in [0.29, 0.717) is 49.6 Å². The standard InChI is InChI=1S/C36H30N8O3S2/c1-5-47-35(46)28-22(2)37-21-20-25(28)32-40-44(36(49-32)39-31(45)23-14-8-6-9-15-23)34-29(30-38-26-18-12-13-19-27(26)42(30)3)33(48-4)41-43(34)24-16-10-7-11-17-24/h6-21H,5H2,1-4H3. The number of ether oxygens (including phenoxy) is 1. The molecule has 0 unspecified atom stereocenters. The Morgan fingerprint density at radius 2 is 1.63 bits per heavy atom. The van der Waals surface area contributed by atoms with Crippen LogP contribution < -0.4 is 4.80 Å². The van der Waals surface area contributed by atoms with E-state index in [0.717, 1.165) is 16.7 Å². The van der Waals surface area contributed by atoms with E-state index < -0.39 is 11.9 Å². The highest BCUT2D eigenvalue weighted by molar-refractivity contribution is 7.98. The molecule has 0 saturated heterocycles. The summed E-state index contributed by atoms with van der Waals surface area (Å²) in [5.41, 5.74) is 4.97. The maximum absolute atomic E-state index is 13.7. The first-order chi connectivity index (χ1) is 23.9. The number of hydrogen-bond acceptors (Lipinski definition) is 9. The summed E-state index contributed by atoms with van der Waals surface area (Å²) in [4.78, 5) is 41.2. The molecule has 4 heterocycles. The van der Waals surface area contributed by atoms with Crippen LogP contribution in [0.4, 0.5) is 0 Å². The van der Waals surface area contributed by atoms with Gasteiger partial charge in [-0.15, -0.1) is 11.8 Å². The Labute approximate surface area is 289 Å². The Balaban J connectivity index is 1.58. The van der Waals surface area contributed by atoms with Crippen molar-refractivity contribution in [2.75, 3.05) is 12.9 Å². The van der Waals surface area contributed by atoms with Gasteiger partial charge < -0.3 is 9.30 Å². The molecule has 4 aromatic heterocycles. The van der Waals surface area contributed by atoms with Gasteiger partial charge in [-0.3, -0.25) is 9.78 Å². The van der Waals surface area contributed by atoms with Crippen molar-refractivity contribution < 1.29 is 14.3 Å². The van der Waals surface area contributed by atoms with Gasteiger partial charge in [-0.1, -0.05) is 59.9 Å². The normalized spacial score (nSPS) is 11.7. The molecule has 0 radical (unpaired) electrons. The SMILES string of the molecule is CCOC(=O)c1c(-c2nn(-c3c(-c4nc5ccccc5n4C)c(SC)nn3-c3ccccc3)c(=NC(=O)c3ccccc3)s2)ccnc1C. The molecule has 7 aromatic rings. The molecule has 3 aromatic carbocycles. The molecule has 0 aliphatic heterocycles. The second kappa shape index (κ2) is 13.5. The Morgan fingerprint density at radius 3 is 2.35 bits per heavy atom. The fourth-order valence-corrected chi connectivity index (χ4v) is 7.05. The number of thioether (sulfide) groups is 1. The Kier molecular flexibility index (Phi) is 8.76. The first-order valence-electron chi connectivity index (χ1n) is 15.4. The summed E-state index contributed by atoms with van der Waals surface area (Å²) in [6.45, 7) is 3.70. The summed E-state index contributed by atoms with van der Waals surface area (Å²) in [6, 6.07) is 28.2. The van der Waals surface area contributed by atoms with Crippen LogP contribution in [0.3, 0.4) is 0 Å². The van der Waals surface area contributed by atoms with Gasteiger partial charge in [0.05, 0.1) is 40.1 Å². The largest absolute Gasteiger partial charge is 0.462 e. The van der Waals surface area contributed by atoms with Crippen LogP contribution in [0.5, 0.6) is 0 Å². The van der Waals surface area contributed by atoms with Crippen molar-refractivity contribution >= 4 is 46.0 Å². The van der Waals surface area contributed by atoms with E-state index in [1.165, 1.54) is 23.1 Å². The number of fused-ring (bicyclic) bond motifs is 1. The number of pyridine rings is 1. The summed E-state index contributed by atoms with van der Waals surface area (Å²) < 4.78 is 10.9. The van der Waals surface area contributed by atoms with E-state index >= 15 is 0 Å². The van der Waals surface area contributed by atoms with Crippen molar-refractivity contribution in [3.63, 3.8) is 0 Å². The summed E-state index contributed by atoms with van der Waals surface area (Å²) in [5.74, 6) is 0.237. The van der Waals surface area contributed by atoms with E-state index in [2.05, 4.69) is 9.98 Å². The highest BCUT2D eigenvalue weighted by Gasteiger charge is 2.29. The van der Waals surface area contributed by atoms with E-state index in [1.54, 1.807) is 59.7 Å². The number of carbonyl (C=O) groups excluding carboxylic acids is 2. The molecule has 244 valence electrons. The topological polar surface area (TPSA) is 122 Å². The lowest BCUT2D eigenvalue weighted by Crippen LogP contribution is -2.21. The van der Waals surface area contributed by atoms with E-state index in [-0.39, 0.29) is 11.4 Å². The third-order valence-corrected chi connectivity index (χ3v) is 9.48. The number of aryl methyl sites for hydroxylation is 2. The quantitative estimate of drug-likeness (QED) is 0.128. The lowest BCUT2D eigenvalue weighted by Gasteiger charge is -2.11. The predicted octanol–water partition coefficient (Wildman–Crippen LogP) is 6.68. The third kappa shape index (κ3) is 5.87. The predicted molar refractivity (Wildman–Crippen MR) is 190 cm³/mol. The van der Waals surface area contributed by atoms with Gasteiger partial charge in [0, 0.05) is 24.4 Å². The highest BCUT2D eigenvalue weighted by Crippen LogP contribution is 2.38. The van der Waals surface area contributed by atoms with Crippen LogP contribution >= 0.6 is 23.1 Å². The summed E-state index contributed by atoms with van der Waals surface area (Å²) in [6.07, 6.45) is 3.58. The van der Waals surface area contributed by atoms with Gasteiger partial charge >= 0.3 is 5.97 Å². The smallest absolute Gasteiger partial charge is 0.340 e. The molecular weight excluding hydrogens is 657 g/mol. The number of esters is 1. The van der Waals surface area contributed by atoms with Crippen molar-refractivity contribution in [1.82, 2.24) is 34.1 Å². The van der Waals surface area contributed by atoms with Crippen LogP contribution in [0, 0.1) is 6.92 Å². The highest BCUT2D eigenvalue weighted by atomic mass is 32.2. The van der Waals surface area contributed by atoms with Crippen molar-refractivity contribution in [3.05, 3.63) is 119 Å². The molecule has 11 nitrogen and oxygen atoms in total. The van der Waals surface area contributed by atoms with Crippen LogP contribution in [0.15, 0.2) is 107 Å². The zero-order valence-corrected chi connectivity index (χ0v) is 28.7. The molecule has 0 aliphatic carbocycles. The Bertz CT molecular complexity index is 2410. The summed E-state index contributed by atoms with van der Waals surface area (Å²) in [5, 5.41) is 11.3. The number of imidazole rings is 1. The number of nitrogens with zero attached hydrogens (tertiary/aromatic N) is 8. The summed E-state index contributed by atoms with van der Waals surface area (Å²) >= 11 is 2.65. The zero-order valence-electron chi connectivity index (χ0n) is 27.1. The number of aromatic nitrogens is 7. The number of para-hydroxylation sites is 3. The monoisotopic (exact) mass is 686 g/mol. The number of hydrogen-bond donors (Lipinski definition) is 0. The van der Waals surface area contributed by atoms with Crippen molar-refractivity contribution in [3.8, 4) is 33.5 Å². The summed E-state index contributed by atoms with van der Waals surface area (Å²) in [7, 11) is 1.96. The van der Waals surface area contributed by atoms with Gasteiger partial charge in [0.25, 0.3) is 5.91 Å². The van der Waals surface area contributed by atoms with Crippen LogP contribution in [0.1, 0.15) is 33.3 Å². The fourth-order valence-electron chi connectivity index (χ4n) is 5.58. The lowest BCUT2D eigenvalue weighted by atomic mass is 10.1. The molecule has 0 fully saturated rings. The molecular formula is C36H30N8O3S2. The second-order valence-corrected chi connectivity index (χ2v) is 12.6. The molecule has 0 saturated carbocycles. The second-order valence-electron chi connectivity index (χ2n) is 10.9. The Morgan fingerprint density at radius 1 is 0.918 bits per heavy atom. The van der Waals surface area contributed by atoms with Gasteiger partial charge in [0.2, 0.25) is 4.80 Å². The average molecular weight is 687 g/mol. The molecule has 13 heteroatoms. The van der Waals surface area contributed by atoms with Crippen LogP contribution in [0.25, 0.3) is 44.5 Å². The zero-order chi connectivity index (χ0) is 34.1. The van der Waals surface area contributed by atoms with Gasteiger partial charge in [0.15, 0.2) is 5.82 Å². The van der Waals surface area contributed by atoms with Gasteiger partial charge in [-0.05, 0) is 62.6 Å².